The van der Waals surface area contributed by atoms with Crippen molar-refractivity contribution in [1.82, 2.24) is 4.90 Å². The first-order chi connectivity index (χ1) is 8.33. The molecule has 2 unspecified atom stereocenters. The summed E-state index contributed by atoms with van der Waals surface area (Å²) < 4.78 is 5.66. The normalized spacial score (nSPS) is 32.2. The van der Waals surface area contributed by atoms with Gasteiger partial charge in [-0.1, -0.05) is 13.8 Å². The van der Waals surface area contributed by atoms with Crippen molar-refractivity contribution in [2.45, 2.75) is 51.7 Å². The highest BCUT2D eigenvalue weighted by atomic mass is 35.5. The molecule has 0 bridgehead atoms. The van der Waals surface area contributed by atoms with Crippen molar-refractivity contribution < 1.29 is 9.53 Å². The third-order valence-electron chi connectivity index (χ3n) is 4.79. The number of likely N-dealkylation sites (N-methyl/N-ethyl adjacent to an activating group) is 1. The summed E-state index contributed by atoms with van der Waals surface area (Å²) >= 11 is 0. The number of amides is 1. The van der Waals surface area contributed by atoms with E-state index in [1.54, 1.807) is 0 Å². The van der Waals surface area contributed by atoms with E-state index in [0.717, 1.165) is 6.54 Å². The summed E-state index contributed by atoms with van der Waals surface area (Å²) in [7, 11) is 1.87. The fourth-order valence-corrected chi connectivity index (χ4v) is 2.91. The number of ether oxygens (including phenoxy) is 1. The maximum Gasteiger partial charge on any atom is 0.243 e. The Hall–Kier alpha value is -0.320. The average molecular weight is 291 g/mol. The van der Waals surface area contributed by atoms with Gasteiger partial charge in [-0.25, -0.2) is 0 Å². The largest absolute Gasteiger partial charge is 0.378 e. The van der Waals surface area contributed by atoms with Gasteiger partial charge in [-0.3, -0.25) is 4.79 Å². The molecule has 2 rings (SSSR count). The zero-order valence-electron chi connectivity index (χ0n) is 12.4. The monoisotopic (exact) mass is 290 g/mol. The van der Waals surface area contributed by atoms with Gasteiger partial charge in [0.05, 0.1) is 6.10 Å². The Balaban J connectivity index is 0.00000180. The lowest BCUT2D eigenvalue weighted by Crippen LogP contribution is -2.75. The van der Waals surface area contributed by atoms with E-state index in [-0.39, 0.29) is 29.8 Å². The van der Waals surface area contributed by atoms with E-state index in [2.05, 4.69) is 0 Å². The Kier molecular flexibility index (Phi) is 4.92. The molecule has 0 aromatic rings. The molecule has 0 radical (unpaired) electrons. The highest BCUT2D eigenvalue weighted by Crippen LogP contribution is 2.50. The van der Waals surface area contributed by atoms with Crippen molar-refractivity contribution in [3.05, 3.63) is 0 Å². The van der Waals surface area contributed by atoms with Gasteiger partial charge in [0.1, 0.15) is 5.54 Å². The first kappa shape index (κ1) is 16.7. The molecule has 2 saturated carbocycles. The van der Waals surface area contributed by atoms with E-state index < -0.39 is 5.54 Å². The van der Waals surface area contributed by atoms with Crippen LogP contribution in [-0.4, -0.2) is 42.6 Å². The van der Waals surface area contributed by atoms with Crippen LogP contribution in [0.4, 0.5) is 0 Å². The van der Waals surface area contributed by atoms with Crippen molar-refractivity contribution in [2.75, 3.05) is 20.2 Å². The van der Waals surface area contributed by atoms with E-state index in [9.17, 15) is 4.79 Å². The van der Waals surface area contributed by atoms with Crippen LogP contribution in [-0.2, 0) is 9.53 Å². The van der Waals surface area contributed by atoms with Gasteiger partial charge in [0.15, 0.2) is 0 Å². The maximum atomic E-state index is 12.5. The summed E-state index contributed by atoms with van der Waals surface area (Å²) in [5.41, 5.74) is 5.34. The highest BCUT2D eigenvalue weighted by Gasteiger charge is 2.63. The van der Waals surface area contributed by atoms with E-state index >= 15 is 0 Å². The number of hydrogen-bond acceptors (Lipinski definition) is 3. The number of carbonyl (C=O) groups is 1. The average Bonchev–Trinajstić information content (AvgIpc) is 3.11. The zero-order chi connectivity index (χ0) is 13.6. The molecule has 19 heavy (non-hydrogen) atoms. The predicted molar refractivity (Wildman–Crippen MR) is 78.3 cm³/mol. The summed E-state index contributed by atoms with van der Waals surface area (Å²) in [5.74, 6) is 0.781. The van der Waals surface area contributed by atoms with Crippen LogP contribution in [0.3, 0.4) is 0 Å². The van der Waals surface area contributed by atoms with Gasteiger partial charge >= 0.3 is 0 Å². The second kappa shape index (κ2) is 5.58. The molecule has 4 nitrogen and oxygen atoms in total. The molecule has 5 heteroatoms. The maximum absolute atomic E-state index is 12.5. The van der Waals surface area contributed by atoms with Gasteiger partial charge in [-0.15, -0.1) is 12.4 Å². The van der Waals surface area contributed by atoms with Gasteiger partial charge < -0.3 is 15.4 Å². The minimum Gasteiger partial charge on any atom is -0.378 e. The molecule has 2 fully saturated rings. The van der Waals surface area contributed by atoms with E-state index in [1.807, 2.05) is 32.7 Å². The Bertz CT molecular complexity index is 344. The molecule has 1 amide bonds. The summed E-state index contributed by atoms with van der Waals surface area (Å²) in [6, 6.07) is 0. The van der Waals surface area contributed by atoms with Crippen LogP contribution in [0.2, 0.25) is 0 Å². The van der Waals surface area contributed by atoms with Crippen LogP contribution in [0.15, 0.2) is 0 Å². The first-order valence-corrected chi connectivity index (χ1v) is 6.99. The van der Waals surface area contributed by atoms with Crippen LogP contribution in [0.1, 0.15) is 40.0 Å². The highest BCUT2D eigenvalue weighted by molar-refractivity contribution is 5.88. The Morgan fingerprint density at radius 1 is 1.42 bits per heavy atom. The number of rotatable bonds is 5. The summed E-state index contributed by atoms with van der Waals surface area (Å²) in [6.07, 6.45) is 3.24. The van der Waals surface area contributed by atoms with Crippen LogP contribution in [0.5, 0.6) is 0 Å². The number of nitrogens with two attached hydrogens (primary N) is 1. The smallest absolute Gasteiger partial charge is 0.243 e. The van der Waals surface area contributed by atoms with Crippen molar-refractivity contribution in [3.63, 3.8) is 0 Å². The third-order valence-corrected chi connectivity index (χ3v) is 4.79. The summed E-state index contributed by atoms with van der Waals surface area (Å²) in [6.45, 7) is 7.59. The van der Waals surface area contributed by atoms with E-state index in [4.69, 9.17) is 10.5 Å². The third kappa shape index (κ3) is 2.76. The quantitative estimate of drug-likeness (QED) is 0.840. The molecule has 0 heterocycles. The minimum atomic E-state index is -0.753. The van der Waals surface area contributed by atoms with Crippen molar-refractivity contribution >= 4 is 18.3 Å². The zero-order valence-corrected chi connectivity index (χ0v) is 13.3. The van der Waals surface area contributed by atoms with Gasteiger partial charge in [-0.05, 0) is 25.7 Å². The van der Waals surface area contributed by atoms with Crippen LogP contribution in [0, 0.1) is 11.3 Å². The minimum absolute atomic E-state index is 0. The molecule has 0 spiro atoms. The molecule has 2 aliphatic rings. The second-order valence-corrected chi connectivity index (χ2v) is 6.47. The number of nitrogens with zero attached hydrogens (tertiary/aromatic N) is 1. The Labute approximate surface area is 122 Å². The molecule has 112 valence electrons. The summed E-state index contributed by atoms with van der Waals surface area (Å²) in [5, 5.41) is 0. The van der Waals surface area contributed by atoms with Crippen LogP contribution < -0.4 is 5.73 Å². The number of halogens is 1. The topological polar surface area (TPSA) is 55.6 Å². The molecule has 2 aliphatic carbocycles. The Morgan fingerprint density at radius 2 is 2.00 bits per heavy atom. The molecule has 2 atom stereocenters. The van der Waals surface area contributed by atoms with Gasteiger partial charge in [0.25, 0.3) is 0 Å². The number of hydrogen-bond donors (Lipinski definition) is 1. The van der Waals surface area contributed by atoms with E-state index in [1.165, 1.54) is 12.8 Å². The van der Waals surface area contributed by atoms with Crippen molar-refractivity contribution in [1.29, 1.82) is 0 Å². The van der Waals surface area contributed by atoms with Crippen molar-refractivity contribution in [2.24, 2.45) is 17.1 Å². The summed E-state index contributed by atoms with van der Waals surface area (Å²) in [4.78, 5) is 14.3. The standard InChI is InChI=1S/C14H26N2O2.ClH/c1-5-18-11-8-14(15,13(11,2)3)12(17)16(4)9-10-6-7-10;/h10-11H,5-9,15H2,1-4H3;1H. The molecule has 0 aromatic heterocycles. The SMILES string of the molecule is CCOC1CC(N)(C(=O)N(C)CC2CC2)C1(C)C.Cl. The van der Waals surface area contributed by atoms with Gasteiger partial charge in [0.2, 0.25) is 5.91 Å². The molecule has 0 aromatic carbocycles. The lowest BCUT2D eigenvalue weighted by atomic mass is 9.54. The molecule has 0 saturated heterocycles. The second-order valence-electron chi connectivity index (χ2n) is 6.47. The molecular weight excluding hydrogens is 264 g/mol. The lowest BCUT2D eigenvalue weighted by Gasteiger charge is -2.58. The molecular formula is C14H27ClN2O2. The van der Waals surface area contributed by atoms with E-state index in [0.29, 0.717) is 18.9 Å². The van der Waals surface area contributed by atoms with Gasteiger partial charge in [0, 0.05) is 32.0 Å². The molecule has 2 N–H and O–H groups in total. The van der Waals surface area contributed by atoms with Crippen molar-refractivity contribution in [3.8, 4) is 0 Å². The first-order valence-electron chi connectivity index (χ1n) is 6.99. The predicted octanol–water partition coefficient (Wildman–Crippen LogP) is 1.81. The lowest BCUT2D eigenvalue weighted by molar-refractivity contribution is -0.178. The molecule has 0 aliphatic heterocycles. The van der Waals surface area contributed by atoms with Crippen LogP contribution in [0.25, 0.3) is 0 Å². The van der Waals surface area contributed by atoms with Gasteiger partial charge in [-0.2, -0.15) is 0 Å². The van der Waals surface area contributed by atoms with Crippen LogP contribution >= 0.6 is 12.4 Å². The Morgan fingerprint density at radius 3 is 2.42 bits per heavy atom. The fraction of sp³-hybridized carbons (Fsp3) is 0.929. The fourth-order valence-electron chi connectivity index (χ4n) is 2.91. The number of carbonyl (C=O) groups excluding carboxylic acids is 1.